The second-order valence-corrected chi connectivity index (χ2v) is 7.48. The van der Waals surface area contributed by atoms with Gasteiger partial charge in [0.1, 0.15) is 5.75 Å². The van der Waals surface area contributed by atoms with E-state index in [0.717, 1.165) is 17.0 Å². The molecule has 0 aliphatic heterocycles. The largest absolute Gasteiger partial charge is 0.439 e. The molecule has 0 aliphatic rings. The smallest absolute Gasteiger partial charge is 0.223 e. The number of aromatic nitrogens is 2. The van der Waals surface area contributed by atoms with Gasteiger partial charge in [-0.3, -0.25) is 0 Å². The first-order valence-corrected chi connectivity index (χ1v) is 9.78. The van der Waals surface area contributed by atoms with E-state index < -0.39 is 0 Å². The topological polar surface area (TPSA) is 58.8 Å². The molecule has 4 nitrogen and oxygen atoms in total. The molecule has 3 aromatic rings. The van der Waals surface area contributed by atoms with Crippen LogP contribution in [0.5, 0.6) is 11.6 Å². The summed E-state index contributed by atoms with van der Waals surface area (Å²) >= 11 is 1.51. The Morgan fingerprint density at radius 3 is 2.52 bits per heavy atom. The normalized spacial score (nSPS) is 10.6. The fourth-order valence-electron chi connectivity index (χ4n) is 2.46. The van der Waals surface area contributed by atoms with Crippen LogP contribution in [-0.2, 0) is 5.75 Å². The lowest BCUT2D eigenvalue weighted by Crippen LogP contribution is -2.00. The molecule has 1 aromatic heterocycles. The third-order valence-corrected chi connectivity index (χ3v) is 4.93. The lowest BCUT2D eigenvalue weighted by molar-refractivity contribution is 0.452. The quantitative estimate of drug-likeness (QED) is 0.399. The Labute approximate surface area is 164 Å². The zero-order valence-electron chi connectivity index (χ0n) is 15.6. The Balaban J connectivity index is 1.83. The van der Waals surface area contributed by atoms with E-state index in [2.05, 4.69) is 29.9 Å². The number of ether oxygens (including phenoxy) is 1. The summed E-state index contributed by atoms with van der Waals surface area (Å²) in [6.45, 7) is 6.23. The first-order valence-electron chi connectivity index (χ1n) is 8.79. The van der Waals surface area contributed by atoms with Crippen LogP contribution >= 0.6 is 11.8 Å². The van der Waals surface area contributed by atoms with Crippen molar-refractivity contribution in [2.24, 2.45) is 0 Å². The third kappa shape index (κ3) is 5.08. The third-order valence-electron chi connectivity index (χ3n) is 4.03. The van der Waals surface area contributed by atoms with Crippen molar-refractivity contribution in [1.29, 1.82) is 5.26 Å². The van der Waals surface area contributed by atoms with Gasteiger partial charge in [-0.2, -0.15) is 10.2 Å². The molecule has 0 aliphatic carbocycles. The molecular weight excluding hydrogens is 354 g/mol. The molecule has 0 saturated carbocycles. The Bertz CT molecular complexity index is 962. The zero-order chi connectivity index (χ0) is 19.2. The van der Waals surface area contributed by atoms with Gasteiger partial charge in [0, 0.05) is 11.8 Å². The molecule has 3 rings (SSSR count). The second kappa shape index (κ2) is 8.70. The van der Waals surface area contributed by atoms with Crippen molar-refractivity contribution in [3.63, 3.8) is 0 Å². The van der Waals surface area contributed by atoms with Crippen molar-refractivity contribution in [3.8, 4) is 17.7 Å². The zero-order valence-corrected chi connectivity index (χ0v) is 16.5. The minimum absolute atomic E-state index is 0.263. The average molecular weight is 375 g/mol. The minimum atomic E-state index is 0.263. The molecule has 0 saturated heterocycles. The van der Waals surface area contributed by atoms with E-state index in [9.17, 15) is 5.26 Å². The lowest BCUT2D eigenvalue weighted by atomic mass is 10.1. The van der Waals surface area contributed by atoms with Crippen molar-refractivity contribution < 1.29 is 4.74 Å². The van der Waals surface area contributed by atoms with Gasteiger partial charge in [-0.1, -0.05) is 61.5 Å². The predicted octanol–water partition coefficient (Wildman–Crippen LogP) is 5.86. The minimum Gasteiger partial charge on any atom is -0.439 e. The van der Waals surface area contributed by atoms with Crippen molar-refractivity contribution in [2.75, 3.05) is 0 Å². The summed E-state index contributed by atoms with van der Waals surface area (Å²) in [5.74, 6) is 2.18. The number of nitrogens with zero attached hydrogens (tertiary/aromatic N) is 3. The van der Waals surface area contributed by atoms with Crippen LogP contribution in [0.25, 0.3) is 0 Å². The van der Waals surface area contributed by atoms with Crippen LogP contribution in [0.2, 0.25) is 0 Å². The SMILES string of the molecule is Cc1ccc(Oc2cc(C(C)C)nc(SCc3ccccc3C#N)n2)cc1. The molecular formula is C22H21N3OS. The lowest BCUT2D eigenvalue weighted by Gasteiger charge is -2.11. The van der Waals surface area contributed by atoms with Crippen LogP contribution in [0.15, 0.2) is 59.8 Å². The molecule has 5 heteroatoms. The summed E-state index contributed by atoms with van der Waals surface area (Å²) < 4.78 is 5.94. The Kier molecular flexibility index (Phi) is 6.10. The van der Waals surface area contributed by atoms with E-state index in [-0.39, 0.29) is 5.92 Å². The van der Waals surface area contributed by atoms with Crippen molar-refractivity contribution >= 4 is 11.8 Å². The van der Waals surface area contributed by atoms with Gasteiger partial charge in [0.05, 0.1) is 17.3 Å². The highest BCUT2D eigenvalue weighted by atomic mass is 32.2. The van der Waals surface area contributed by atoms with E-state index in [4.69, 9.17) is 4.74 Å². The number of benzene rings is 2. The summed E-state index contributed by atoms with van der Waals surface area (Å²) in [7, 11) is 0. The monoisotopic (exact) mass is 375 g/mol. The number of thioether (sulfide) groups is 1. The van der Waals surface area contributed by atoms with E-state index in [1.54, 1.807) is 0 Å². The summed E-state index contributed by atoms with van der Waals surface area (Å²) in [5, 5.41) is 9.90. The molecule has 0 amide bonds. The van der Waals surface area contributed by atoms with Crippen LogP contribution < -0.4 is 4.74 Å². The van der Waals surface area contributed by atoms with Crippen LogP contribution in [0.4, 0.5) is 0 Å². The molecule has 0 radical (unpaired) electrons. The molecule has 0 bridgehead atoms. The summed E-state index contributed by atoms with van der Waals surface area (Å²) in [6, 6.07) is 19.6. The summed E-state index contributed by atoms with van der Waals surface area (Å²) in [5.41, 5.74) is 3.77. The highest BCUT2D eigenvalue weighted by Crippen LogP contribution is 2.28. The molecule has 2 aromatic carbocycles. The first-order chi connectivity index (χ1) is 13.0. The second-order valence-electron chi connectivity index (χ2n) is 6.54. The standard InChI is InChI=1S/C22H21N3OS/c1-15(2)20-12-21(26-19-10-8-16(3)9-11-19)25-22(24-20)27-14-18-7-5-4-6-17(18)13-23/h4-12,15H,14H2,1-3H3. The van der Waals surface area contributed by atoms with E-state index in [1.807, 2.05) is 61.5 Å². The van der Waals surface area contributed by atoms with E-state index in [1.165, 1.54) is 17.3 Å². The Hall–Kier alpha value is -2.84. The van der Waals surface area contributed by atoms with Gasteiger partial charge in [0.25, 0.3) is 0 Å². The van der Waals surface area contributed by atoms with Crippen LogP contribution in [0.1, 0.15) is 42.1 Å². The maximum Gasteiger partial charge on any atom is 0.223 e. The molecule has 0 fully saturated rings. The molecule has 0 atom stereocenters. The van der Waals surface area contributed by atoms with Gasteiger partial charge in [-0.15, -0.1) is 0 Å². The number of aryl methyl sites for hydroxylation is 1. The van der Waals surface area contributed by atoms with Crippen molar-refractivity contribution in [1.82, 2.24) is 9.97 Å². The van der Waals surface area contributed by atoms with Crippen LogP contribution in [0.3, 0.4) is 0 Å². The highest BCUT2D eigenvalue weighted by Gasteiger charge is 2.11. The van der Waals surface area contributed by atoms with Gasteiger partial charge >= 0.3 is 0 Å². The molecule has 0 N–H and O–H groups in total. The fourth-order valence-corrected chi connectivity index (χ4v) is 3.32. The van der Waals surface area contributed by atoms with Gasteiger partial charge in [-0.05, 0) is 36.6 Å². The van der Waals surface area contributed by atoms with E-state index >= 15 is 0 Å². The Morgan fingerprint density at radius 2 is 1.81 bits per heavy atom. The van der Waals surface area contributed by atoms with Crippen molar-refractivity contribution in [2.45, 2.75) is 37.6 Å². The average Bonchev–Trinajstić information content (AvgIpc) is 2.68. The maximum absolute atomic E-state index is 9.25. The van der Waals surface area contributed by atoms with Gasteiger partial charge in [-0.25, -0.2) is 4.98 Å². The molecule has 0 unspecified atom stereocenters. The van der Waals surface area contributed by atoms with Crippen LogP contribution in [0, 0.1) is 18.3 Å². The molecule has 136 valence electrons. The van der Waals surface area contributed by atoms with Gasteiger partial charge in [0.2, 0.25) is 5.88 Å². The molecule has 27 heavy (non-hydrogen) atoms. The highest BCUT2D eigenvalue weighted by molar-refractivity contribution is 7.98. The van der Waals surface area contributed by atoms with Gasteiger partial charge < -0.3 is 4.74 Å². The molecule has 1 heterocycles. The van der Waals surface area contributed by atoms with Gasteiger partial charge in [0.15, 0.2) is 5.16 Å². The summed E-state index contributed by atoms with van der Waals surface area (Å²) in [6.07, 6.45) is 0. The number of hydrogen-bond acceptors (Lipinski definition) is 5. The Morgan fingerprint density at radius 1 is 1.07 bits per heavy atom. The number of hydrogen-bond donors (Lipinski definition) is 0. The first kappa shape index (κ1) is 18.9. The predicted molar refractivity (Wildman–Crippen MR) is 108 cm³/mol. The van der Waals surface area contributed by atoms with Crippen LogP contribution in [-0.4, -0.2) is 9.97 Å². The summed E-state index contributed by atoms with van der Waals surface area (Å²) in [4.78, 5) is 9.20. The fraction of sp³-hybridized carbons (Fsp3) is 0.227. The number of rotatable bonds is 6. The maximum atomic E-state index is 9.25. The van der Waals surface area contributed by atoms with E-state index in [0.29, 0.717) is 22.4 Å². The molecule has 0 spiro atoms. The van der Waals surface area contributed by atoms with Crippen molar-refractivity contribution in [3.05, 3.63) is 77.0 Å². The number of nitriles is 1.